The van der Waals surface area contributed by atoms with E-state index >= 15 is 0 Å². The fourth-order valence-electron chi connectivity index (χ4n) is 2.71. The van der Waals surface area contributed by atoms with Crippen molar-refractivity contribution in [1.29, 1.82) is 0 Å². The lowest BCUT2D eigenvalue weighted by atomic mass is 10.1. The van der Waals surface area contributed by atoms with Crippen molar-refractivity contribution in [1.82, 2.24) is 10.6 Å². The molecule has 0 aliphatic rings. The van der Waals surface area contributed by atoms with E-state index in [0.29, 0.717) is 11.3 Å². The van der Waals surface area contributed by atoms with E-state index in [9.17, 15) is 14.9 Å². The van der Waals surface area contributed by atoms with E-state index in [2.05, 4.69) is 10.6 Å². The molecular weight excluding hydrogens is 334 g/mol. The van der Waals surface area contributed by atoms with Crippen LogP contribution >= 0.6 is 0 Å². The molecule has 2 atom stereocenters. The van der Waals surface area contributed by atoms with Gasteiger partial charge in [-0.15, -0.1) is 0 Å². The lowest BCUT2D eigenvalue weighted by Gasteiger charge is -2.17. The zero-order chi connectivity index (χ0) is 18.7. The number of rotatable bonds is 5. The van der Waals surface area contributed by atoms with E-state index in [-0.39, 0.29) is 23.8 Å². The van der Waals surface area contributed by atoms with Crippen molar-refractivity contribution in [3.8, 4) is 0 Å². The van der Waals surface area contributed by atoms with Gasteiger partial charge in [-0.3, -0.25) is 10.1 Å². The number of non-ortho nitro benzene ring substituents is 1. The smallest absolute Gasteiger partial charge is 0.315 e. The minimum absolute atomic E-state index is 0.00722. The summed E-state index contributed by atoms with van der Waals surface area (Å²) in [6.07, 6.45) is 0. The molecule has 3 aromatic rings. The zero-order valence-electron chi connectivity index (χ0n) is 14.4. The number of hydrogen-bond donors (Lipinski definition) is 2. The van der Waals surface area contributed by atoms with Gasteiger partial charge in [-0.2, -0.15) is 0 Å². The van der Waals surface area contributed by atoms with Crippen LogP contribution in [0.5, 0.6) is 0 Å². The number of amides is 2. The van der Waals surface area contributed by atoms with Gasteiger partial charge in [0.25, 0.3) is 5.69 Å². The van der Waals surface area contributed by atoms with Crippen LogP contribution < -0.4 is 10.6 Å². The van der Waals surface area contributed by atoms with Gasteiger partial charge >= 0.3 is 6.03 Å². The summed E-state index contributed by atoms with van der Waals surface area (Å²) in [5, 5.41) is 17.4. The fourth-order valence-corrected chi connectivity index (χ4v) is 2.71. The minimum Gasteiger partial charge on any atom is -0.459 e. The molecule has 134 valence electrons. The second-order valence-corrected chi connectivity index (χ2v) is 6.10. The number of para-hydroxylation sites is 1. The van der Waals surface area contributed by atoms with Gasteiger partial charge in [-0.1, -0.05) is 30.3 Å². The molecule has 7 heteroatoms. The Balaban J connectivity index is 1.64. The number of nitro groups is 1. The highest BCUT2D eigenvalue weighted by molar-refractivity contribution is 5.78. The number of nitrogens with one attached hydrogen (secondary N) is 2. The van der Waals surface area contributed by atoms with Crippen molar-refractivity contribution >= 4 is 22.7 Å². The normalized spacial score (nSPS) is 13.2. The van der Waals surface area contributed by atoms with Gasteiger partial charge in [0.2, 0.25) is 0 Å². The first-order valence-corrected chi connectivity index (χ1v) is 8.24. The Labute approximate surface area is 150 Å². The Hall–Kier alpha value is -3.35. The van der Waals surface area contributed by atoms with Gasteiger partial charge in [-0.25, -0.2) is 4.79 Å². The molecule has 0 aliphatic heterocycles. The molecule has 1 heterocycles. The number of carbonyl (C=O) groups is 1. The number of hydrogen-bond acceptors (Lipinski definition) is 4. The second-order valence-electron chi connectivity index (χ2n) is 6.10. The van der Waals surface area contributed by atoms with Crippen molar-refractivity contribution < 1.29 is 14.1 Å². The molecule has 7 nitrogen and oxygen atoms in total. The highest BCUT2D eigenvalue weighted by Crippen LogP contribution is 2.24. The molecule has 2 N–H and O–H groups in total. The lowest BCUT2D eigenvalue weighted by molar-refractivity contribution is -0.384. The minimum atomic E-state index is -0.458. The molecule has 0 saturated carbocycles. The van der Waals surface area contributed by atoms with Crippen LogP contribution in [0.1, 0.15) is 37.3 Å². The molecule has 0 spiro atoms. The number of urea groups is 1. The van der Waals surface area contributed by atoms with E-state index in [0.717, 1.165) is 11.0 Å². The van der Waals surface area contributed by atoms with Gasteiger partial charge in [-0.05, 0) is 31.5 Å². The fraction of sp³-hybridized carbons (Fsp3) is 0.211. The maximum absolute atomic E-state index is 12.2. The number of furan rings is 1. The van der Waals surface area contributed by atoms with Gasteiger partial charge in [0.1, 0.15) is 11.3 Å². The molecule has 1 aromatic heterocycles. The van der Waals surface area contributed by atoms with E-state index < -0.39 is 4.92 Å². The topological polar surface area (TPSA) is 97.4 Å². The first-order valence-electron chi connectivity index (χ1n) is 8.24. The number of carbonyl (C=O) groups excluding carboxylic acids is 1. The van der Waals surface area contributed by atoms with Crippen LogP contribution in [0.2, 0.25) is 0 Å². The number of benzene rings is 2. The summed E-state index contributed by atoms with van der Waals surface area (Å²) in [4.78, 5) is 22.7. The molecule has 3 rings (SSSR count). The van der Waals surface area contributed by atoms with E-state index in [1.807, 2.05) is 37.3 Å². The Morgan fingerprint density at radius 2 is 1.77 bits per heavy atom. The Bertz CT molecular complexity index is 918. The molecule has 2 aromatic carbocycles. The van der Waals surface area contributed by atoms with Crippen LogP contribution in [0.15, 0.2) is 59.0 Å². The quantitative estimate of drug-likeness (QED) is 0.522. The summed E-state index contributed by atoms with van der Waals surface area (Å²) < 4.78 is 5.74. The molecule has 2 unspecified atom stereocenters. The Kier molecular flexibility index (Phi) is 4.88. The molecule has 0 bridgehead atoms. The molecule has 26 heavy (non-hydrogen) atoms. The molecule has 2 amide bonds. The highest BCUT2D eigenvalue weighted by atomic mass is 16.6. The van der Waals surface area contributed by atoms with Gasteiger partial charge in [0, 0.05) is 17.5 Å². The first-order chi connectivity index (χ1) is 12.4. The SMILES string of the molecule is CC(NC(=O)NC(C)c1cc2ccccc2o1)c1cccc([N+](=O)[O-])c1. The van der Waals surface area contributed by atoms with Crippen LogP contribution in [0.25, 0.3) is 11.0 Å². The highest BCUT2D eigenvalue weighted by Gasteiger charge is 2.17. The number of nitro benzene ring substituents is 1. The Morgan fingerprint density at radius 3 is 2.50 bits per heavy atom. The average molecular weight is 353 g/mol. The Morgan fingerprint density at radius 1 is 1.04 bits per heavy atom. The van der Waals surface area contributed by atoms with Crippen molar-refractivity contribution in [3.63, 3.8) is 0 Å². The van der Waals surface area contributed by atoms with Gasteiger partial charge < -0.3 is 15.1 Å². The summed E-state index contributed by atoms with van der Waals surface area (Å²) in [5.41, 5.74) is 1.42. The second kappa shape index (κ2) is 7.26. The van der Waals surface area contributed by atoms with Crippen molar-refractivity contribution in [2.45, 2.75) is 25.9 Å². The number of nitrogens with zero attached hydrogens (tertiary/aromatic N) is 1. The monoisotopic (exact) mass is 353 g/mol. The van der Waals surface area contributed by atoms with E-state index in [1.54, 1.807) is 19.1 Å². The van der Waals surface area contributed by atoms with Crippen LogP contribution in [0.4, 0.5) is 10.5 Å². The maximum atomic E-state index is 12.2. The van der Waals surface area contributed by atoms with E-state index in [4.69, 9.17) is 4.42 Å². The molecular formula is C19H19N3O4. The summed E-state index contributed by atoms with van der Waals surface area (Å²) in [7, 11) is 0. The third kappa shape index (κ3) is 3.83. The average Bonchev–Trinajstić information content (AvgIpc) is 3.06. The molecule has 0 radical (unpaired) electrons. The van der Waals surface area contributed by atoms with Gasteiger partial charge in [0.15, 0.2) is 0 Å². The molecule has 0 aliphatic carbocycles. The van der Waals surface area contributed by atoms with Crippen LogP contribution in [0.3, 0.4) is 0 Å². The van der Waals surface area contributed by atoms with E-state index in [1.165, 1.54) is 12.1 Å². The first kappa shape index (κ1) is 17.5. The van der Waals surface area contributed by atoms with Crippen molar-refractivity contribution in [2.24, 2.45) is 0 Å². The maximum Gasteiger partial charge on any atom is 0.315 e. The van der Waals surface area contributed by atoms with Crippen LogP contribution in [-0.2, 0) is 0 Å². The largest absolute Gasteiger partial charge is 0.459 e. The van der Waals surface area contributed by atoms with Crippen LogP contribution in [-0.4, -0.2) is 11.0 Å². The van der Waals surface area contributed by atoms with Crippen LogP contribution in [0, 0.1) is 10.1 Å². The third-order valence-electron chi connectivity index (χ3n) is 4.15. The zero-order valence-corrected chi connectivity index (χ0v) is 14.4. The lowest BCUT2D eigenvalue weighted by Crippen LogP contribution is -2.38. The summed E-state index contributed by atoms with van der Waals surface area (Å²) in [6.45, 7) is 3.60. The predicted octanol–water partition coefficient (Wildman–Crippen LogP) is 4.46. The third-order valence-corrected chi connectivity index (χ3v) is 4.15. The summed E-state index contributed by atoms with van der Waals surface area (Å²) in [6, 6.07) is 14.7. The summed E-state index contributed by atoms with van der Waals surface area (Å²) in [5.74, 6) is 0.657. The van der Waals surface area contributed by atoms with Crippen molar-refractivity contribution in [3.05, 3.63) is 76.0 Å². The molecule has 0 fully saturated rings. The van der Waals surface area contributed by atoms with Crippen molar-refractivity contribution in [2.75, 3.05) is 0 Å². The number of fused-ring (bicyclic) bond motifs is 1. The predicted molar refractivity (Wildman–Crippen MR) is 97.8 cm³/mol. The molecule has 0 saturated heterocycles. The standard InChI is InChI=1S/C19H19N3O4/c1-12(14-7-5-8-16(10-14)22(24)25)20-19(23)21-13(2)18-11-15-6-3-4-9-17(15)26-18/h3-13H,1-2H3,(H2,20,21,23). The van der Waals surface area contributed by atoms with Gasteiger partial charge in [0.05, 0.1) is 17.0 Å². The summed E-state index contributed by atoms with van der Waals surface area (Å²) >= 11 is 0.